The normalized spacial score (nSPS) is 17.4. The van der Waals surface area contributed by atoms with Crippen LogP contribution in [0.1, 0.15) is 51.8 Å². The highest BCUT2D eigenvalue weighted by Crippen LogP contribution is 2.33. The molecule has 0 bridgehead atoms. The van der Waals surface area contributed by atoms with Gasteiger partial charge in [0.2, 0.25) is 12.4 Å². The quantitative estimate of drug-likeness (QED) is 0.0499. The van der Waals surface area contributed by atoms with Gasteiger partial charge in [-0.2, -0.15) is 0 Å². The maximum atomic E-state index is 13.9. The van der Waals surface area contributed by atoms with E-state index in [9.17, 15) is 74.5 Å². The van der Waals surface area contributed by atoms with Crippen LogP contribution in [0.15, 0.2) is 121 Å². The molecule has 1 unspecified atom stereocenters. The van der Waals surface area contributed by atoms with E-state index in [1.807, 2.05) is 0 Å². The number of nitro groups is 5. The van der Waals surface area contributed by atoms with Gasteiger partial charge in [0.25, 0.3) is 28.4 Å². The van der Waals surface area contributed by atoms with E-state index < -0.39 is 126 Å². The van der Waals surface area contributed by atoms with Crippen LogP contribution in [-0.2, 0) is 28.4 Å². The molecule has 5 aromatic carbocycles. The largest absolute Gasteiger partial charge is 0.459 e. The van der Waals surface area contributed by atoms with Gasteiger partial charge in [0.1, 0.15) is 12.7 Å². The fourth-order valence-corrected chi connectivity index (χ4v) is 6.09. The Hall–Kier alpha value is -9.59. The molecule has 26 heteroatoms. The average molecular weight is 926 g/mol. The fourth-order valence-electron chi connectivity index (χ4n) is 6.09. The lowest BCUT2D eigenvalue weighted by molar-refractivity contribution is -0.385. The third-order valence-corrected chi connectivity index (χ3v) is 9.49. The van der Waals surface area contributed by atoms with Gasteiger partial charge in [-0.05, 0) is 60.7 Å². The van der Waals surface area contributed by atoms with Crippen LogP contribution < -0.4 is 0 Å². The molecule has 67 heavy (non-hydrogen) atoms. The Kier molecular flexibility index (Phi) is 14.2. The number of rotatable bonds is 16. The van der Waals surface area contributed by atoms with Crippen molar-refractivity contribution in [3.05, 3.63) is 200 Å². The average Bonchev–Trinajstić information content (AvgIpc) is 3.32. The first-order chi connectivity index (χ1) is 31.9. The van der Waals surface area contributed by atoms with Crippen LogP contribution in [0.3, 0.4) is 0 Å². The molecule has 1 aliphatic rings. The predicted molar refractivity (Wildman–Crippen MR) is 217 cm³/mol. The van der Waals surface area contributed by atoms with Gasteiger partial charge in [-0.3, -0.25) is 50.6 Å². The van der Waals surface area contributed by atoms with Crippen molar-refractivity contribution in [2.75, 3.05) is 6.61 Å². The number of benzene rings is 5. The summed E-state index contributed by atoms with van der Waals surface area (Å²) in [5, 5.41) is 56.5. The third-order valence-electron chi connectivity index (χ3n) is 9.49. The summed E-state index contributed by atoms with van der Waals surface area (Å²) in [5.74, 6) is -6.49. The van der Waals surface area contributed by atoms with Crippen LogP contribution in [-0.4, -0.2) is 91.8 Å². The van der Waals surface area contributed by atoms with E-state index in [0.29, 0.717) is 0 Å². The molecule has 26 nitrogen and oxygen atoms in total. The van der Waals surface area contributed by atoms with E-state index in [4.69, 9.17) is 28.4 Å². The second kappa shape index (κ2) is 20.3. The first-order valence-corrected chi connectivity index (χ1v) is 18.8. The van der Waals surface area contributed by atoms with Crippen LogP contribution in [0.5, 0.6) is 0 Å². The number of esters is 5. The minimum Gasteiger partial charge on any atom is -0.459 e. The SMILES string of the molecule is O=C(OC[C@H]1OC(OC(=O)c2ccc([N+](=O)[O-])cc2)[C@H](OC(=O)c2ccc([N+](=O)[O-])cc2)[C@@H](OC(=O)c2ccc([N+](=O)[O-])cc2)[C@H]1OC(=O)c1ccc([N+](=O)[O-])cc1)c1ccc([N+](=O)[O-])cc1. The smallest absolute Gasteiger partial charge is 0.340 e. The molecular weight excluding hydrogens is 898 g/mol. The zero-order valence-electron chi connectivity index (χ0n) is 33.5. The van der Waals surface area contributed by atoms with Crippen molar-refractivity contribution in [3.8, 4) is 0 Å². The molecule has 0 aliphatic carbocycles. The summed E-state index contributed by atoms with van der Waals surface area (Å²) < 4.78 is 34.3. The van der Waals surface area contributed by atoms with Crippen molar-refractivity contribution in [1.82, 2.24) is 0 Å². The number of nitrogens with zero attached hydrogens (tertiary/aromatic N) is 5. The Morgan fingerprint density at radius 1 is 0.373 bits per heavy atom. The second-order valence-electron chi connectivity index (χ2n) is 13.7. The van der Waals surface area contributed by atoms with Crippen LogP contribution in [0.25, 0.3) is 0 Å². The predicted octanol–water partition coefficient (Wildman–Crippen LogP) is 5.64. The molecule has 0 N–H and O–H groups in total. The van der Waals surface area contributed by atoms with E-state index in [0.717, 1.165) is 121 Å². The summed E-state index contributed by atoms with van der Waals surface area (Å²) in [6.45, 7) is -1.01. The number of hydrogen-bond acceptors (Lipinski definition) is 21. The van der Waals surface area contributed by atoms with E-state index in [1.54, 1.807) is 0 Å². The van der Waals surface area contributed by atoms with Crippen molar-refractivity contribution in [3.63, 3.8) is 0 Å². The summed E-state index contributed by atoms with van der Waals surface area (Å²) in [4.78, 5) is 121. The lowest BCUT2D eigenvalue weighted by Gasteiger charge is -2.43. The van der Waals surface area contributed by atoms with Crippen molar-refractivity contribution in [2.45, 2.75) is 30.7 Å². The monoisotopic (exact) mass is 925 g/mol. The summed E-state index contributed by atoms with van der Waals surface area (Å²) in [6, 6.07) is 19.2. The molecule has 0 radical (unpaired) electrons. The highest BCUT2D eigenvalue weighted by Gasteiger charge is 2.55. The minimum atomic E-state index is -2.27. The van der Waals surface area contributed by atoms with Gasteiger partial charge in [0, 0.05) is 60.7 Å². The number of carbonyl (C=O) groups is 5. The molecule has 0 saturated carbocycles. The van der Waals surface area contributed by atoms with E-state index in [2.05, 4.69) is 0 Å². The van der Waals surface area contributed by atoms with Gasteiger partial charge in [-0.25, -0.2) is 24.0 Å². The lowest BCUT2D eigenvalue weighted by atomic mass is 9.97. The Morgan fingerprint density at radius 3 is 0.925 bits per heavy atom. The zero-order chi connectivity index (χ0) is 48.5. The molecule has 5 aromatic rings. The molecule has 342 valence electrons. The van der Waals surface area contributed by atoms with Gasteiger partial charge in [0.15, 0.2) is 12.2 Å². The Balaban J connectivity index is 1.46. The van der Waals surface area contributed by atoms with Gasteiger partial charge < -0.3 is 28.4 Å². The van der Waals surface area contributed by atoms with Crippen LogP contribution >= 0.6 is 0 Å². The molecule has 6 rings (SSSR count). The molecule has 0 aromatic heterocycles. The summed E-state index contributed by atoms with van der Waals surface area (Å²) >= 11 is 0. The lowest BCUT2D eigenvalue weighted by Crippen LogP contribution is -2.63. The number of hydrogen-bond donors (Lipinski definition) is 0. The Bertz CT molecular complexity index is 2770. The van der Waals surface area contributed by atoms with Crippen molar-refractivity contribution in [1.29, 1.82) is 0 Å². The van der Waals surface area contributed by atoms with Crippen LogP contribution in [0.4, 0.5) is 28.4 Å². The van der Waals surface area contributed by atoms with Gasteiger partial charge >= 0.3 is 29.8 Å². The number of non-ortho nitro benzene ring substituents is 5. The summed E-state index contributed by atoms with van der Waals surface area (Å²) in [7, 11) is 0. The molecule has 0 spiro atoms. The maximum absolute atomic E-state index is 13.9. The van der Waals surface area contributed by atoms with Gasteiger partial charge in [-0.1, -0.05) is 0 Å². The van der Waals surface area contributed by atoms with Crippen molar-refractivity contribution in [2.24, 2.45) is 0 Å². The maximum Gasteiger partial charge on any atom is 0.340 e. The molecule has 1 aliphatic heterocycles. The number of nitro benzene ring substituents is 5. The fraction of sp³-hybridized carbons (Fsp3) is 0.146. The molecule has 0 amide bonds. The molecular formula is C41H27N5O21. The summed E-state index contributed by atoms with van der Waals surface area (Å²) in [5.41, 5.74) is -3.93. The molecule has 1 fully saturated rings. The van der Waals surface area contributed by atoms with E-state index >= 15 is 0 Å². The minimum absolute atomic E-state index is 0.252. The van der Waals surface area contributed by atoms with E-state index in [-0.39, 0.29) is 22.3 Å². The topological polar surface area (TPSA) is 356 Å². The highest BCUT2D eigenvalue weighted by molar-refractivity contribution is 5.93. The van der Waals surface area contributed by atoms with Crippen LogP contribution in [0, 0.1) is 50.6 Å². The van der Waals surface area contributed by atoms with Crippen molar-refractivity contribution >= 4 is 58.3 Å². The Morgan fingerprint density at radius 2 is 0.627 bits per heavy atom. The zero-order valence-corrected chi connectivity index (χ0v) is 33.5. The number of ether oxygens (including phenoxy) is 6. The second-order valence-corrected chi connectivity index (χ2v) is 13.7. The molecule has 1 heterocycles. The molecule has 5 atom stereocenters. The van der Waals surface area contributed by atoms with Gasteiger partial charge in [0.05, 0.1) is 52.4 Å². The van der Waals surface area contributed by atoms with Crippen LogP contribution in [0.2, 0.25) is 0 Å². The molecule has 1 saturated heterocycles. The first-order valence-electron chi connectivity index (χ1n) is 18.8. The van der Waals surface area contributed by atoms with E-state index in [1.165, 1.54) is 0 Å². The third kappa shape index (κ3) is 11.3. The summed E-state index contributed by atoms with van der Waals surface area (Å²) in [6.07, 6.45) is -10.7. The standard InChI is InChI=1S/C41H27N5O21/c47-36(22-1-11-27(12-2-22)42(52)53)62-21-32-33(64-37(48)23-3-13-28(14-4-23)43(54)55)34(65-38(49)24-5-15-29(16-6-24)44(56)57)35(66-39(50)25-7-17-30(18-8-25)45(58)59)41(63-32)67-40(51)26-9-19-31(20-10-26)46(60)61/h1-20,32-35,41H,21H2/t32-,33+,34+,35-,41?/m1/s1. The van der Waals surface area contributed by atoms with Crippen molar-refractivity contribution < 1.29 is 77.0 Å². The number of carbonyl (C=O) groups excluding carboxylic acids is 5. The Labute approximate surface area is 371 Å². The van der Waals surface area contributed by atoms with Gasteiger partial charge in [-0.15, -0.1) is 0 Å². The first kappa shape index (κ1) is 46.9. The highest BCUT2D eigenvalue weighted by atomic mass is 16.7.